The van der Waals surface area contributed by atoms with E-state index in [1.54, 1.807) is 0 Å². The standard InChI is InChI=1S/C9H15NO4S/c1-2-3-6-10-15(12,13)9-5-4-8(7-11)14-9/h4-5,10-11H,2-3,6-7H2,1H3. The summed E-state index contributed by atoms with van der Waals surface area (Å²) in [5.41, 5.74) is 0. The molecule has 2 N–H and O–H groups in total. The van der Waals surface area contributed by atoms with Crippen molar-refractivity contribution in [3.05, 3.63) is 17.9 Å². The van der Waals surface area contributed by atoms with Crippen LogP contribution in [0.4, 0.5) is 0 Å². The molecule has 0 unspecified atom stereocenters. The van der Waals surface area contributed by atoms with E-state index in [2.05, 4.69) is 4.72 Å². The Morgan fingerprint density at radius 2 is 2.20 bits per heavy atom. The molecule has 0 saturated heterocycles. The smallest absolute Gasteiger partial charge is 0.273 e. The molecular weight excluding hydrogens is 218 g/mol. The average molecular weight is 233 g/mol. The highest BCUT2D eigenvalue weighted by Crippen LogP contribution is 2.13. The first-order valence-corrected chi connectivity index (χ1v) is 6.27. The Kier molecular flexibility index (Phi) is 4.31. The first-order valence-electron chi connectivity index (χ1n) is 4.79. The van der Waals surface area contributed by atoms with Crippen molar-refractivity contribution in [1.29, 1.82) is 0 Å². The topological polar surface area (TPSA) is 79.5 Å². The molecule has 0 aliphatic heterocycles. The van der Waals surface area contributed by atoms with E-state index >= 15 is 0 Å². The summed E-state index contributed by atoms with van der Waals surface area (Å²) in [5.74, 6) is 0.242. The van der Waals surface area contributed by atoms with Crippen molar-refractivity contribution >= 4 is 10.0 Å². The number of sulfonamides is 1. The minimum absolute atomic E-state index is 0.150. The van der Waals surface area contributed by atoms with Gasteiger partial charge in [0.2, 0.25) is 5.09 Å². The van der Waals surface area contributed by atoms with E-state index < -0.39 is 10.0 Å². The van der Waals surface area contributed by atoms with Gasteiger partial charge >= 0.3 is 0 Å². The lowest BCUT2D eigenvalue weighted by molar-refractivity contribution is 0.236. The third-order valence-corrected chi connectivity index (χ3v) is 3.21. The Bertz CT molecular complexity index is 396. The number of hydrogen-bond donors (Lipinski definition) is 2. The molecule has 86 valence electrons. The summed E-state index contributed by atoms with van der Waals surface area (Å²) in [6.45, 7) is 2.07. The van der Waals surface area contributed by atoms with Gasteiger partial charge in [-0.3, -0.25) is 0 Å². The number of aliphatic hydroxyl groups excluding tert-OH is 1. The van der Waals surface area contributed by atoms with Crippen molar-refractivity contribution in [2.24, 2.45) is 0 Å². The second-order valence-corrected chi connectivity index (χ2v) is 4.83. The maximum absolute atomic E-state index is 11.5. The first kappa shape index (κ1) is 12.2. The van der Waals surface area contributed by atoms with Crippen LogP contribution in [0.2, 0.25) is 0 Å². The lowest BCUT2D eigenvalue weighted by Gasteiger charge is -2.02. The third kappa shape index (κ3) is 3.33. The number of aliphatic hydroxyl groups is 1. The van der Waals surface area contributed by atoms with Crippen LogP contribution >= 0.6 is 0 Å². The van der Waals surface area contributed by atoms with Crippen molar-refractivity contribution in [2.75, 3.05) is 6.54 Å². The van der Waals surface area contributed by atoms with E-state index in [4.69, 9.17) is 9.52 Å². The van der Waals surface area contributed by atoms with Crippen LogP contribution in [0.15, 0.2) is 21.6 Å². The lowest BCUT2D eigenvalue weighted by Crippen LogP contribution is -2.24. The molecule has 1 aromatic heterocycles. The molecule has 1 heterocycles. The summed E-state index contributed by atoms with van der Waals surface area (Å²) in [6, 6.07) is 2.77. The molecular formula is C9H15NO4S. The Labute approximate surface area is 89.2 Å². The zero-order valence-corrected chi connectivity index (χ0v) is 9.38. The Morgan fingerprint density at radius 3 is 2.73 bits per heavy atom. The molecule has 1 rings (SSSR count). The van der Waals surface area contributed by atoms with E-state index in [1.807, 2.05) is 6.92 Å². The first-order chi connectivity index (χ1) is 7.10. The van der Waals surface area contributed by atoms with Gasteiger partial charge in [-0.15, -0.1) is 0 Å². The molecule has 0 atom stereocenters. The number of hydrogen-bond acceptors (Lipinski definition) is 4. The second kappa shape index (κ2) is 5.29. The predicted molar refractivity (Wildman–Crippen MR) is 54.7 cm³/mol. The zero-order chi connectivity index (χ0) is 11.3. The normalized spacial score (nSPS) is 11.9. The van der Waals surface area contributed by atoms with Crippen molar-refractivity contribution in [3.63, 3.8) is 0 Å². The van der Waals surface area contributed by atoms with Gasteiger partial charge in [0.1, 0.15) is 12.4 Å². The van der Waals surface area contributed by atoms with Crippen LogP contribution in [0, 0.1) is 0 Å². The highest BCUT2D eigenvalue weighted by Gasteiger charge is 2.17. The van der Waals surface area contributed by atoms with Crippen LogP contribution in [0.1, 0.15) is 25.5 Å². The van der Waals surface area contributed by atoms with Crippen LogP contribution in [0.5, 0.6) is 0 Å². The highest BCUT2D eigenvalue weighted by molar-refractivity contribution is 7.89. The van der Waals surface area contributed by atoms with E-state index in [0.29, 0.717) is 6.54 Å². The third-order valence-electron chi connectivity index (χ3n) is 1.88. The summed E-state index contributed by atoms with van der Waals surface area (Å²) in [5, 5.41) is 8.57. The van der Waals surface area contributed by atoms with Crippen molar-refractivity contribution in [2.45, 2.75) is 31.5 Å². The quantitative estimate of drug-likeness (QED) is 0.714. The van der Waals surface area contributed by atoms with Crippen molar-refractivity contribution < 1.29 is 17.9 Å². The molecule has 0 aliphatic carbocycles. The summed E-state index contributed by atoms with van der Waals surface area (Å²) < 4.78 is 30.4. The molecule has 6 heteroatoms. The summed E-state index contributed by atoms with van der Waals surface area (Å²) in [4.78, 5) is 0. The van der Waals surface area contributed by atoms with Gasteiger partial charge in [-0.05, 0) is 18.6 Å². The largest absolute Gasteiger partial charge is 0.446 e. The van der Waals surface area contributed by atoms with E-state index in [1.165, 1.54) is 12.1 Å². The SMILES string of the molecule is CCCCNS(=O)(=O)c1ccc(CO)o1. The van der Waals surface area contributed by atoms with Gasteiger partial charge in [-0.1, -0.05) is 13.3 Å². The Hall–Kier alpha value is -0.850. The summed E-state index contributed by atoms with van der Waals surface area (Å²) >= 11 is 0. The molecule has 5 nitrogen and oxygen atoms in total. The van der Waals surface area contributed by atoms with E-state index in [-0.39, 0.29) is 17.5 Å². The minimum Gasteiger partial charge on any atom is -0.446 e. The molecule has 0 fully saturated rings. The summed E-state index contributed by atoms with van der Waals surface area (Å²) in [6.07, 6.45) is 1.70. The number of rotatable bonds is 6. The van der Waals surface area contributed by atoms with Crippen LogP contribution in [0.25, 0.3) is 0 Å². The van der Waals surface area contributed by atoms with Crippen LogP contribution in [-0.4, -0.2) is 20.1 Å². The van der Waals surface area contributed by atoms with Crippen LogP contribution < -0.4 is 4.72 Å². The Morgan fingerprint density at radius 1 is 1.47 bits per heavy atom. The summed E-state index contributed by atoms with van der Waals surface area (Å²) in [7, 11) is -3.55. The molecule has 0 aromatic carbocycles. The van der Waals surface area contributed by atoms with Crippen LogP contribution in [0.3, 0.4) is 0 Å². The van der Waals surface area contributed by atoms with Gasteiger partial charge in [0, 0.05) is 6.54 Å². The van der Waals surface area contributed by atoms with Crippen molar-refractivity contribution in [1.82, 2.24) is 4.72 Å². The number of furan rings is 1. The molecule has 0 aliphatic rings. The fourth-order valence-electron chi connectivity index (χ4n) is 1.04. The fraction of sp³-hybridized carbons (Fsp3) is 0.556. The van der Waals surface area contributed by atoms with Gasteiger partial charge in [0.25, 0.3) is 10.0 Å². The van der Waals surface area contributed by atoms with E-state index in [0.717, 1.165) is 12.8 Å². The monoisotopic (exact) mass is 233 g/mol. The molecule has 0 amide bonds. The van der Waals surface area contributed by atoms with Gasteiger partial charge in [-0.2, -0.15) is 0 Å². The molecule has 0 radical (unpaired) electrons. The maximum atomic E-state index is 11.5. The maximum Gasteiger partial charge on any atom is 0.273 e. The van der Waals surface area contributed by atoms with Gasteiger partial charge < -0.3 is 9.52 Å². The fourth-order valence-corrected chi connectivity index (χ4v) is 2.06. The molecule has 1 aromatic rings. The van der Waals surface area contributed by atoms with Gasteiger partial charge in [0.15, 0.2) is 0 Å². The van der Waals surface area contributed by atoms with Crippen LogP contribution in [-0.2, 0) is 16.6 Å². The molecule has 15 heavy (non-hydrogen) atoms. The highest BCUT2D eigenvalue weighted by atomic mass is 32.2. The molecule has 0 spiro atoms. The second-order valence-electron chi connectivity index (χ2n) is 3.13. The molecule has 0 bridgehead atoms. The predicted octanol–water partition coefficient (Wildman–Crippen LogP) is 0.850. The number of nitrogens with one attached hydrogen (secondary N) is 1. The molecule has 0 saturated carbocycles. The lowest BCUT2D eigenvalue weighted by atomic mass is 10.3. The Balaban J connectivity index is 2.68. The zero-order valence-electron chi connectivity index (χ0n) is 8.56. The minimum atomic E-state index is -3.55. The van der Waals surface area contributed by atoms with Crippen molar-refractivity contribution in [3.8, 4) is 0 Å². The number of unbranched alkanes of at least 4 members (excludes halogenated alkanes) is 1. The van der Waals surface area contributed by atoms with E-state index in [9.17, 15) is 8.42 Å². The van der Waals surface area contributed by atoms with Gasteiger partial charge in [-0.25, -0.2) is 13.1 Å². The van der Waals surface area contributed by atoms with Gasteiger partial charge in [0.05, 0.1) is 0 Å². The average Bonchev–Trinajstić information content (AvgIpc) is 2.66.